The third kappa shape index (κ3) is 6.63. The third-order valence-electron chi connectivity index (χ3n) is 9.29. The molecule has 44 heavy (non-hydrogen) atoms. The molecular weight excluding hydrogens is 558 g/mol. The first kappa shape index (κ1) is 32.0. The normalized spacial score (nSPS) is 23.2. The van der Waals surface area contributed by atoms with Crippen molar-refractivity contribution in [1.82, 2.24) is 20.4 Å². The van der Waals surface area contributed by atoms with E-state index in [1.807, 2.05) is 13.1 Å². The van der Waals surface area contributed by atoms with Crippen LogP contribution in [0.25, 0.3) is 0 Å². The number of anilines is 1. The Hall–Kier alpha value is -3.44. The molecule has 11 heteroatoms. The molecule has 0 amide bonds. The molecule has 0 aromatic carbocycles. The first-order valence-electron chi connectivity index (χ1n) is 16.2. The zero-order valence-corrected chi connectivity index (χ0v) is 26.7. The summed E-state index contributed by atoms with van der Waals surface area (Å²) in [6.07, 6.45) is 11.1. The molecule has 2 N–H and O–H groups in total. The van der Waals surface area contributed by atoms with Gasteiger partial charge in [0.05, 0.1) is 31.2 Å². The topological polar surface area (TPSA) is 139 Å². The standard InChI is InChI=1S/C33H47N7O4/c1-5-10-25-28(39-44-29(25)24-12-6-7-13-27(24)41)30(34)38-31(43-20-22(2)11-8-15-35-4)26-19-40(32-36-16-9-17-37-32)33(23(26)3)14-18-42-21-33/h9,16-17,22,24,34-35H,5-8,10-15,18-21H2,1-4H3/t22-,24-,33?/m0/s1. The smallest absolute Gasteiger partial charge is 0.226 e. The SMILES string of the molecule is CCCc1c(C(=N)N=C(OC[C@@H](C)CCCNC)C2=C(C)C3(CCOC3)N(c3ncccn3)C2)noc1[C@H]1CCCCC1=O. The summed E-state index contributed by atoms with van der Waals surface area (Å²) in [5, 5.41) is 16.7. The molecule has 2 aliphatic heterocycles. The van der Waals surface area contributed by atoms with Gasteiger partial charge in [0.1, 0.15) is 5.78 Å². The molecule has 3 atom stereocenters. The number of hydrogen-bond acceptors (Lipinski definition) is 10. The van der Waals surface area contributed by atoms with Crippen LogP contribution in [0.1, 0.15) is 95.1 Å². The van der Waals surface area contributed by atoms with Gasteiger partial charge < -0.3 is 24.2 Å². The van der Waals surface area contributed by atoms with Crippen molar-refractivity contribution in [2.24, 2.45) is 10.9 Å². The summed E-state index contributed by atoms with van der Waals surface area (Å²) in [5.41, 5.74) is 2.81. The van der Waals surface area contributed by atoms with Gasteiger partial charge in [0, 0.05) is 43.0 Å². The average Bonchev–Trinajstić information content (AvgIpc) is 3.76. The minimum atomic E-state index is -0.406. The van der Waals surface area contributed by atoms with Crippen molar-refractivity contribution in [2.45, 2.75) is 90.0 Å². The molecule has 1 aliphatic carbocycles. The van der Waals surface area contributed by atoms with Crippen molar-refractivity contribution in [1.29, 1.82) is 5.41 Å². The second kappa shape index (κ2) is 14.6. The highest BCUT2D eigenvalue weighted by molar-refractivity contribution is 6.09. The number of rotatable bonds is 12. The number of ether oxygens (including phenoxy) is 2. The number of Topliss-reactive ketones (excluding diaryl/α,β-unsaturated/α-hetero) is 1. The van der Waals surface area contributed by atoms with E-state index in [0.717, 1.165) is 68.2 Å². The quantitative estimate of drug-likeness (QED) is 0.194. The fourth-order valence-electron chi connectivity index (χ4n) is 6.70. The van der Waals surface area contributed by atoms with Gasteiger partial charge in [0.2, 0.25) is 11.8 Å². The van der Waals surface area contributed by atoms with Gasteiger partial charge in [0.25, 0.3) is 0 Å². The van der Waals surface area contributed by atoms with E-state index in [1.165, 1.54) is 0 Å². The van der Waals surface area contributed by atoms with Gasteiger partial charge in [-0.2, -0.15) is 4.99 Å². The summed E-state index contributed by atoms with van der Waals surface area (Å²) in [5.74, 6) is 1.84. The minimum Gasteiger partial charge on any atom is -0.477 e. The molecule has 2 aromatic rings. The molecule has 238 valence electrons. The van der Waals surface area contributed by atoms with Crippen LogP contribution in [0.5, 0.6) is 0 Å². The number of hydrogen-bond donors (Lipinski definition) is 2. The van der Waals surface area contributed by atoms with E-state index in [-0.39, 0.29) is 17.5 Å². The Morgan fingerprint density at radius 3 is 2.84 bits per heavy atom. The van der Waals surface area contributed by atoms with E-state index in [4.69, 9.17) is 24.4 Å². The molecule has 0 radical (unpaired) electrons. The molecule has 1 saturated carbocycles. The summed E-state index contributed by atoms with van der Waals surface area (Å²) < 4.78 is 18.3. The highest BCUT2D eigenvalue weighted by atomic mass is 16.5. The Balaban J connectivity index is 1.50. The van der Waals surface area contributed by atoms with Crippen LogP contribution in [0.4, 0.5) is 5.95 Å². The van der Waals surface area contributed by atoms with Crippen molar-refractivity contribution < 1.29 is 18.8 Å². The zero-order valence-electron chi connectivity index (χ0n) is 26.7. The van der Waals surface area contributed by atoms with E-state index in [2.05, 4.69) is 46.1 Å². The van der Waals surface area contributed by atoms with E-state index >= 15 is 0 Å². The lowest BCUT2D eigenvalue weighted by Gasteiger charge is -2.35. The van der Waals surface area contributed by atoms with Crippen LogP contribution in [0.3, 0.4) is 0 Å². The van der Waals surface area contributed by atoms with Gasteiger partial charge in [-0.05, 0) is 70.2 Å². The zero-order chi connectivity index (χ0) is 31.1. The fourth-order valence-corrected chi connectivity index (χ4v) is 6.70. The number of carbonyl (C=O) groups is 1. The van der Waals surface area contributed by atoms with Gasteiger partial charge in [-0.1, -0.05) is 31.8 Å². The maximum Gasteiger partial charge on any atom is 0.226 e. The van der Waals surface area contributed by atoms with Gasteiger partial charge in [-0.15, -0.1) is 0 Å². The van der Waals surface area contributed by atoms with Gasteiger partial charge >= 0.3 is 0 Å². The Morgan fingerprint density at radius 1 is 1.32 bits per heavy atom. The molecular formula is C33H47N7O4. The van der Waals surface area contributed by atoms with E-state index in [0.29, 0.717) is 68.4 Å². The number of aromatic nitrogens is 3. The lowest BCUT2D eigenvalue weighted by atomic mass is 9.84. The van der Waals surface area contributed by atoms with Crippen LogP contribution in [0.2, 0.25) is 0 Å². The Morgan fingerprint density at radius 2 is 2.14 bits per heavy atom. The van der Waals surface area contributed by atoms with Gasteiger partial charge in [-0.3, -0.25) is 10.2 Å². The number of aliphatic imine (C=N–C) groups is 1. The molecule has 1 spiro atoms. The summed E-state index contributed by atoms with van der Waals surface area (Å²) in [4.78, 5) is 29.0. The van der Waals surface area contributed by atoms with Crippen molar-refractivity contribution in [3.05, 3.63) is 46.6 Å². The van der Waals surface area contributed by atoms with E-state index in [1.54, 1.807) is 12.4 Å². The van der Waals surface area contributed by atoms with Crippen molar-refractivity contribution in [3.63, 3.8) is 0 Å². The number of nitrogens with zero attached hydrogens (tertiary/aromatic N) is 5. The Labute approximate surface area is 260 Å². The van der Waals surface area contributed by atoms with Gasteiger partial charge in [0.15, 0.2) is 17.3 Å². The van der Waals surface area contributed by atoms with Crippen molar-refractivity contribution in [3.8, 4) is 0 Å². The maximum atomic E-state index is 12.8. The predicted octanol–water partition coefficient (Wildman–Crippen LogP) is 5.02. The summed E-state index contributed by atoms with van der Waals surface area (Å²) in [6, 6.07) is 1.81. The predicted molar refractivity (Wildman–Crippen MR) is 169 cm³/mol. The monoisotopic (exact) mass is 605 g/mol. The van der Waals surface area contributed by atoms with Crippen molar-refractivity contribution in [2.75, 3.05) is 44.9 Å². The van der Waals surface area contributed by atoms with Crippen LogP contribution >= 0.6 is 0 Å². The molecule has 0 bridgehead atoms. The highest BCUT2D eigenvalue weighted by Gasteiger charge is 2.50. The maximum absolute atomic E-state index is 12.8. The molecule has 1 saturated heterocycles. The molecule has 1 unspecified atom stereocenters. The van der Waals surface area contributed by atoms with E-state index < -0.39 is 5.54 Å². The molecule has 3 aliphatic rings. The average molecular weight is 606 g/mol. The number of carbonyl (C=O) groups excluding carboxylic acids is 1. The summed E-state index contributed by atoms with van der Waals surface area (Å²) >= 11 is 0. The first-order valence-corrected chi connectivity index (χ1v) is 16.2. The minimum absolute atomic E-state index is 0.0176. The number of amidine groups is 1. The van der Waals surface area contributed by atoms with Gasteiger partial charge in [-0.25, -0.2) is 9.97 Å². The molecule has 5 rings (SSSR count). The van der Waals surface area contributed by atoms with Crippen LogP contribution in [0.15, 0.2) is 39.1 Å². The highest BCUT2D eigenvalue weighted by Crippen LogP contribution is 2.43. The van der Waals surface area contributed by atoms with Crippen LogP contribution in [-0.4, -0.2) is 78.1 Å². The van der Waals surface area contributed by atoms with Crippen LogP contribution in [0, 0.1) is 11.3 Å². The van der Waals surface area contributed by atoms with Crippen LogP contribution in [-0.2, 0) is 20.7 Å². The molecule has 11 nitrogen and oxygen atoms in total. The number of ketones is 1. The number of nitrogens with one attached hydrogen (secondary N) is 2. The molecule has 2 fully saturated rings. The third-order valence-corrected chi connectivity index (χ3v) is 9.29. The first-order chi connectivity index (χ1) is 21.4. The second-order valence-electron chi connectivity index (χ2n) is 12.4. The summed E-state index contributed by atoms with van der Waals surface area (Å²) in [7, 11) is 1.96. The molecule has 4 heterocycles. The van der Waals surface area contributed by atoms with E-state index in [9.17, 15) is 4.79 Å². The summed E-state index contributed by atoms with van der Waals surface area (Å²) in [6.45, 7) is 9.44. The largest absolute Gasteiger partial charge is 0.477 e. The van der Waals surface area contributed by atoms with Crippen LogP contribution < -0.4 is 10.2 Å². The van der Waals surface area contributed by atoms with Crippen molar-refractivity contribution >= 4 is 23.5 Å². The second-order valence-corrected chi connectivity index (χ2v) is 12.4. The fraction of sp³-hybridized carbons (Fsp3) is 0.636. The lowest BCUT2D eigenvalue weighted by molar-refractivity contribution is -0.122. The molecule has 2 aromatic heterocycles. The lowest BCUT2D eigenvalue weighted by Crippen LogP contribution is -2.47. The Kier molecular flexibility index (Phi) is 10.6. The Bertz CT molecular complexity index is 1360.